The number of nitrogens with one attached hydrogen (secondary N) is 1. The maximum atomic E-state index is 4.66. The van der Waals surface area contributed by atoms with Gasteiger partial charge in [-0.25, -0.2) is 4.98 Å². The summed E-state index contributed by atoms with van der Waals surface area (Å²) in [6.07, 6.45) is 4.49. The fourth-order valence-corrected chi connectivity index (χ4v) is 2.46. The third kappa shape index (κ3) is 6.47. The van der Waals surface area contributed by atoms with Gasteiger partial charge in [-0.15, -0.1) is 0 Å². The van der Waals surface area contributed by atoms with Crippen molar-refractivity contribution in [2.24, 2.45) is 11.8 Å². The second kappa shape index (κ2) is 9.78. The Morgan fingerprint density at radius 2 is 1.86 bits per heavy atom. The first kappa shape index (κ1) is 18.0. The van der Waals surface area contributed by atoms with E-state index in [4.69, 9.17) is 0 Å². The van der Waals surface area contributed by atoms with Crippen LogP contribution < -0.4 is 10.2 Å². The third-order valence-electron chi connectivity index (χ3n) is 4.03. The van der Waals surface area contributed by atoms with Gasteiger partial charge in [0, 0.05) is 25.8 Å². The number of pyridine rings is 1. The van der Waals surface area contributed by atoms with Crippen LogP contribution >= 0.6 is 0 Å². The molecule has 1 N–H and O–H groups in total. The van der Waals surface area contributed by atoms with Gasteiger partial charge in [-0.1, -0.05) is 46.6 Å². The molecule has 0 saturated carbocycles. The van der Waals surface area contributed by atoms with Crippen molar-refractivity contribution in [1.29, 1.82) is 0 Å². The lowest BCUT2D eigenvalue weighted by Gasteiger charge is -2.26. The van der Waals surface area contributed by atoms with Gasteiger partial charge in [0.05, 0.1) is 0 Å². The molecule has 0 fully saturated rings. The van der Waals surface area contributed by atoms with E-state index >= 15 is 0 Å². The molecule has 3 nitrogen and oxygen atoms in total. The first-order valence-corrected chi connectivity index (χ1v) is 8.51. The quantitative estimate of drug-likeness (QED) is 0.704. The number of nitrogens with zero attached hydrogens (tertiary/aromatic N) is 2. The van der Waals surface area contributed by atoms with Crippen LogP contribution in [0.2, 0.25) is 0 Å². The second-order valence-corrected chi connectivity index (χ2v) is 6.27. The van der Waals surface area contributed by atoms with E-state index < -0.39 is 0 Å². The first-order chi connectivity index (χ1) is 10.1. The summed E-state index contributed by atoms with van der Waals surface area (Å²) in [4.78, 5) is 7.05. The van der Waals surface area contributed by atoms with Crippen LogP contribution in [-0.4, -0.2) is 24.6 Å². The Morgan fingerprint density at radius 1 is 1.14 bits per heavy atom. The van der Waals surface area contributed by atoms with Gasteiger partial charge in [0.2, 0.25) is 0 Å². The van der Waals surface area contributed by atoms with Gasteiger partial charge < -0.3 is 10.2 Å². The minimum Gasteiger partial charge on any atom is -0.357 e. The van der Waals surface area contributed by atoms with E-state index in [2.05, 4.69) is 62.0 Å². The van der Waals surface area contributed by atoms with E-state index in [9.17, 15) is 0 Å². The molecule has 3 heteroatoms. The van der Waals surface area contributed by atoms with Gasteiger partial charge in [-0.3, -0.25) is 0 Å². The predicted molar refractivity (Wildman–Crippen MR) is 92.7 cm³/mol. The molecule has 0 amide bonds. The standard InChI is InChI=1S/C18H33N3/c1-6-16(7-2)14-21(8-3)18-10-9-17(13-20-18)12-19-11-15(4)5/h9-10,13,15-16,19H,6-8,11-12,14H2,1-5H3. The largest absolute Gasteiger partial charge is 0.357 e. The Balaban J connectivity index is 2.57. The highest BCUT2D eigenvalue weighted by atomic mass is 15.2. The highest BCUT2D eigenvalue weighted by Crippen LogP contribution is 2.16. The molecule has 0 aromatic carbocycles. The summed E-state index contributed by atoms with van der Waals surface area (Å²) in [5.74, 6) is 2.56. The molecule has 0 spiro atoms. The predicted octanol–water partition coefficient (Wildman–Crippen LogP) is 4.09. The maximum Gasteiger partial charge on any atom is 0.128 e. The summed E-state index contributed by atoms with van der Waals surface area (Å²) in [5.41, 5.74) is 1.26. The van der Waals surface area contributed by atoms with Crippen LogP contribution in [0.25, 0.3) is 0 Å². The van der Waals surface area contributed by atoms with Gasteiger partial charge >= 0.3 is 0 Å². The van der Waals surface area contributed by atoms with Crippen molar-refractivity contribution in [2.45, 2.75) is 54.0 Å². The smallest absolute Gasteiger partial charge is 0.128 e. The van der Waals surface area contributed by atoms with Crippen molar-refractivity contribution in [3.05, 3.63) is 23.9 Å². The van der Waals surface area contributed by atoms with Crippen LogP contribution in [0.1, 0.15) is 53.0 Å². The Labute approximate surface area is 131 Å². The van der Waals surface area contributed by atoms with Gasteiger partial charge in [0.15, 0.2) is 0 Å². The molecule has 1 aromatic rings. The zero-order valence-corrected chi connectivity index (χ0v) is 14.5. The molecule has 120 valence electrons. The number of rotatable bonds is 10. The van der Waals surface area contributed by atoms with Crippen molar-refractivity contribution in [2.75, 3.05) is 24.5 Å². The van der Waals surface area contributed by atoms with Gasteiger partial charge in [0.1, 0.15) is 5.82 Å². The molecule has 0 saturated heterocycles. The van der Waals surface area contributed by atoms with Crippen LogP contribution in [0.3, 0.4) is 0 Å². The van der Waals surface area contributed by atoms with Crippen LogP contribution in [0.4, 0.5) is 5.82 Å². The number of anilines is 1. The lowest BCUT2D eigenvalue weighted by Crippen LogP contribution is -2.29. The molecule has 0 aliphatic rings. The first-order valence-electron chi connectivity index (χ1n) is 8.51. The van der Waals surface area contributed by atoms with Crippen LogP contribution in [0, 0.1) is 11.8 Å². The minimum atomic E-state index is 0.688. The SMILES string of the molecule is CCC(CC)CN(CC)c1ccc(CNCC(C)C)cn1. The van der Waals surface area contributed by atoms with Crippen molar-refractivity contribution < 1.29 is 0 Å². The maximum absolute atomic E-state index is 4.66. The fourth-order valence-electron chi connectivity index (χ4n) is 2.46. The highest BCUT2D eigenvalue weighted by Gasteiger charge is 2.11. The average Bonchev–Trinajstić information content (AvgIpc) is 2.49. The molecule has 0 aliphatic carbocycles. The van der Waals surface area contributed by atoms with Crippen LogP contribution in [0.15, 0.2) is 18.3 Å². The van der Waals surface area contributed by atoms with Crippen LogP contribution in [0.5, 0.6) is 0 Å². The Kier molecular flexibility index (Phi) is 8.36. The van der Waals surface area contributed by atoms with Gasteiger partial charge in [-0.2, -0.15) is 0 Å². The lowest BCUT2D eigenvalue weighted by molar-refractivity contribution is 0.484. The number of hydrogen-bond acceptors (Lipinski definition) is 3. The average molecular weight is 291 g/mol. The van der Waals surface area contributed by atoms with Gasteiger partial charge in [0.25, 0.3) is 0 Å². The normalized spacial score (nSPS) is 11.4. The molecule has 0 atom stereocenters. The number of aromatic nitrogens is 1. The van der Waals surface area contributed by atoms with E-state index in [1.165, 1.54) is 18.4 Å². The Morgan fingerprint density at radius 3 is 2.33 bits per heavy atom. The molecule has 0 radical (unpaired) electrons. The molecular weight excluding hydrogens is 258 g/mol. The third-order valence-corrected chi connectivity index (χ3v) is 4.03. The molecule has 21 heavy (non-hydrogen) atoms. The monoisotopic (exact) mass is 291 g/mol. The van der Waals surface area contributed by atoms with Crippen molar-refractivity contribution >= 4 is 5.82 Å². The molecule has 0 unspecified atom stereocenters. The molecular formula is C18H33N3. The summed E-state index contributed by atoms with van der Waals surface area (Å²) in [6.45, 7) is 15.3. The van der Waals surface area contributed by atoms with Crippen molar-refractivity contribution in [3.63, 3.8) is 0 Å². The lowest BCUT2D eigenvalue weighted by atomic mass is 10.0. The summed E-state index contributed by atoms with van der Waals surface area (Å²) >= 11 is 0. The van der Waals surface area contributed by atoms with Crippen molar-refractivity contribution in [3.8, 4) is 0 Å². The van der Waals surface area contributed by atoms with E-state index in [0.717, 1.165) is 37.9 Å². The van der Waals surface area contributed by atoms with E-state index in [-0.39, 0.29) is 0 Å². The van der Waals surface area contributed by atoms with Crippen LogP contribution in [-0.2, 0) is 6.54 Å². The Bertz CT molecular complexity index is 369. The molecule has 0 aliphatic heterocycles. The zero-order chi connectivity index (χ0) is 15.7. The summed E-state index contributed by atoms with van der Waals surface area (Å²) in [5, 5.41) is 3.46. The summed E-state index contributed by atoms with van der Waals surface area (Å²) in [6, 6.07) is 4.36. The van der Waals surface area contributed by atoms with E-state index in [1.54, 1.807) is 0 Å². The molecule has 0 bridgehead atoms. The summed E-state index contributed by atoms with van der Waals surface area (Å²) in [7, 11) is 0. The zero-order valence-electron chi connectivity index (χ0n) is 14.5. The second-order valence-electron chi connectivity index (χ2n) is 6.27. The molecule has 1 rings (SSSR count). The number of hydrogen-bond donors (Lipinski definition) is 1. The highest BCUT2D eigenvalue weighted by molar-refractivity contribution is 5.39. The topological polar surface area (TPSA) is 28.2 Å². The fraction of sp³-hybridized carbons (Fsp3) is 0.722. The molecule has 1 heterocycles. The van der Waals surface area contributed by atoms with Gasteiger partial charge in [-0.05, 0) is 36.9 Å². The minimum absolute atomic E-state index is 0.688. The Hall–Kier alpha value is -1.09. The van der Waals surface area contributed by atoms with Crippen molar-refractivity contribution in [1.82, 2.24) is 10.3 Å². The molecule has 1 aromatic heterocycles. The van der Waals surface area contributed by atoms with E-state index in [0.29, 0.717) is 5.92 Å². The summed E-state index contributed by atoms with van der Waals surface area (Å²) < 4.78 is 0. The van der Waals surface area contributed by atoms with E-state index in [1.807, 2.05) is 6.20 Å².